The molecule has 0 saturated carbocycles. The van der Waals surface area contributed by atoms with E-state index >= 15 is 0 Å². The van der Waals surface area contributed by atoms with Gasteiger partial charge in [0.1, 0.15) is 5.82 Å². The largest absolute Gasteiger partial charge is 0.303 e. The highest BCUT2D eigenvalue weighted by Gasteiger charge is 2.19. The van der Waals surface area contributed by atoms with E-state index in [1.165, 1.54) is 11.6 Å². The predicted molar refractivity (Wildman–Crippen MR) is 82.0 cm³/mol. The highest BCUT2D eigenvalue weighted by atomic mass is 19.1. The van der Waals surface area contributed by atoms with Crippen LogP contribution in [0, 0.1) is 11.7 Å². The van der Waals surface area contributed by atoms with Crippen molar-refractivity contribution < 1.29 is 4.39 Å². The van der Waals surface area contributed by atoms with Crippen LogP contribution in [0.4, 0.5) is 4.39 Å². The molecule has 0 aliphatic carbocycles. The quantitative estimate of drug-likeness (QED) is 0.817. The lowest BCUT2D eigenvalue weighted by Gasteiger charge is -2.27. The average Bonchev–Trinajstić information content (AvgIpc) is 2.45. The van der Waals surface area contributed by atoms with E-state index in [0.717, 1.165) is 0 Å². The second kappa shape index (κ2) is 6.67. The van der Waals surface area contributed by atoms with E-state index in [-0.39, 0.29) is 17.9 Å². The van der Waals surface area contributed by atoms with Gasteiger partial charge in [-0.3, -0.25) is 0 Å². The van der Waals surface area contributed by atoms with Crippen LogP contribution in [0.2, 0.25) is 0 Å². The van der Waals surface area contributed by atoms with Crippen LogP contribution < -0.4 is 5.32 Å². The Morgan fingerprint density at radius 1 is 0.850 bits per heavy atom. The number of rotatable bonds is 5. The molecule has 0 aliphatic heterocycles. The Kier molecular flexibility index (Phi) is 4.91. The third kappa shape index (κ3) is 3.45. The van der Waals surface area contributed by atoms with Crippen molar-refractivity contribution in [2.45, 2.75) is 32.9 Å². The van der Waals surface area contributed by atoms with Crippen LogP contribution in [-0.2, 0) is 0 Å². The fourth-order valence-corrected chi connectivity index (χ4v) is 2.52. The Bertz CT molecular complexity index is 536. The zero-order valence-corrected chi connectivity index (χ0v) is 12.3. The molecule has 0 bridgehead atoms. The van der Waals surface area contributed by atoms with Crippen LogP contribution in [0.15, 0.2) is 54.6 Å². The van der Waals surface area contributed by atoms with Gasteiger partial charge in [0.25, 0.3) is 0 Å². The van der Waals surface area contributed by atoms with Crippen molar-refractivity contribution in [3.8, 4) is 0 Å². The van der Waals surface area contributed by atoms with Crippen LogP contribution in [0.5, 0.6) is 0 Å². The molecule has 0 spiro atoms. The lowest BCUT2D eigenvalue weighted by atomic mass is 9.94. The average molecular weight is 271 g/mol. The van der Waals surface area contributed by atoms with Crippen LogP contribution in [0.1, 0.15) is 44.0 Å². The summed E-state index contributed by atoms with van der Waals surface area (Å²) < 4.78 is 13.9. The van der Waals surface area contributed by atoms with Gasteiger partial charge in [-0.2, -0.15) is 0 Å². The van der Waals surface area contributed by atoms with Crippen LogP contribution >= 0.6 is 0 Å². The summed E-state index contributed by atoms with van der Waals surface area (Å²) in [7, 11) is 0. The van der Waals surface area contributed by atoms with E-state index in [4.69, 9.17) is 0 Å². The van der Waals surface area contributed by atoms with Crippen LogP contribution in [0.3, 0.4) is 0 Å². The Balaban J connectivity index is 2.19. The number of nitrogens with one attached hydrogen (secondary N) is 1. The van der Waals surface area contributed by atoms with Crippen molar-refractivity contribution in [1.29, 1.82) is 0 Å². The second-order valence-electron chi connectivity index (χ2n) is 5.54. The van der Waals surface area contributed by atoms with Gasteiger partial charge in [-0.15, -0.1) is 0 Å². The molecule has 2 heteroatoms. The SMILES string of the molecule is CC(NC(c1ccccc1)C(C)C)c1ccccc1F. The molecular weight excluding hydrogens is 249 g/mol. The number of hydrogen-bond donors (Lipinski definition) is 1. The number of hydrogen-bond acceptors (Lipinski definition) is 1. The van der Waals surface area contributed by atoms with Gasteiger partial charge in [-0.05, 0) is 24.5 Å². The Morgan fingerprint density at radius 2 is 1.45 bits per heavy atom. The predicted octanol–water partition coefficient (Wildman–Crippen LogP) is 4.87. The lowest BCUT2D eigenvalue weighted by Crippen LogP contribution is -2.28. The zero-order chi connectivity index (χ0) is 14.5. The first-order valence-corrected chi connectivity index (χ1v) is 7.15. The van der Waals surface area contributed by atoms with Gasteiger partial charge in [0, 0.05) is 17.6 Å². The van der Waals surface area contributed by atoms with Gasteiger partial charge in [0.05, 0.1) is 0 Å². The van der Waals surface area contributed by atoms with Crippen molar-refractivity contribution in [1.82, 2.24) is 5.32 Å². The van der Waals surface area contributed by atoms with Crippen molar-refractivity contribution in [3.63, 3.8) is 0 Å². The van der Waals surface area contributed by atoms with E-state index in [1.807, 2.05) is 37.3 Å². The molecule has 1 nitrogen and oxygen atoms in total. The van der Waals surface area contributed by atoms with Crippen molar-refractivity contribution in [3.05, 3.63) is 71.5 Å². The molecule has 0 aromatic heterocycles. The van der Waals surface area contributed by atoms with Crippen LogP contribution in [-0.4, -0.2) is 0 Å². The summed E-state index contributed by atoms with van der Waals surface area (Å²) in [6.07, 6.45) is 0. The summed E-state index contributed by atoms with van der Waals surface area (Å²) >= 11 is 0. The smallest absolute Gasteiger partial charge is 0.127 e. The summed E-state index contributed by atoms with van der Waals surface area (Å²) in [6, 6.07) is 17.5. The molecular formula is C18H22FN. The van der Waals surface area contributed by atoms with Crippen molar-refractivity contribution in [2.24, 2.45) is 5.92 Å². The summed E-state index contributed by atoms with van der Waals surface area (Å²) in [5, 5.41) is 3.55. The number of halogens is 1. The summed E-state index contributed by atoms with van der Waals surface area (Å²) in [4.78, 5) is 0. The Morgan fingerprint density at radius 3 is 2.05 bits per heavy atom. The van der Waals surface area contributed by atoms with Gasteiger partial charge < -0.3 is 5.32 Å². The molecule has 20 heavy (non-hydrogen) atoms. The maximum Gasteiger partial charge on any atom is 0.127 e. The second-order valence-corrected chi connectivity index (χ2v) is 5.54. The lowest BCUT2D eigenvalue weighted by molar-refractivity contribution is 0.369. The maximum atomic E-state index is 13.9. The minimum atomic E-state index is -0.150. The minimum absolute atomic E-state index is 0.0243. The molecule has 0 fully saturated rings. The summed E-state index contributed by atoms with van der Waals surface area (Å²) in [5.41, 5.74) is 1.96. The summed E-state index contributed by atoms with van der Waals surface area (Å²) in [5.74, 6) is 0.287. The minimum Gasteiger partial charge on any atom is -0.303 e. The first-order chi connectivity index (χ1) is 9.59. The van der Waals surface area contributed by atoms with Crippen molar-refractivity contribution >= 4 is 0 Å². The topological polar surface area (TPSA) is 12.0 Å². The first-order valence-electron chi connectivity index (χ1n) is 7.15. The van der Waals surface area contributed by atoms with Crippen molar-refractivity contribution in [2.75, 3.05) is 0 Å². The van der Waals surface area contributed by atoms with Gasteiger partial charge in [-0.25, -0.2) is 4.39 Å². The number of benzene rings is 2. The highest BCUT2D eigenvalue weighted by Crippen LogP contribution is 2.26. The van der Waals surface area contributed by atoms with Gasteiger partial charge >= 0.3 is 0 Å². The van der Waals surface area contributed by atoms with E-state index < -0.39 is 0 Å². The molecule has 2 aromatic carbocycles. The molecule has 106 valence electrons. The molecule has 0 radical (unpaired) electrons. The maximum absolute atomic E-state index is 13.9. The van der Waals surface area contributed by atoms with Crippen LogP contribution in [0.25, 0.3) is 0 Å². The Hall–Kier alpha value is -1.67. The van der Waals surface area contributed by atoms with Gasteiger partial charge in [0.15, 0.2) is 0 Å². The fourth-order valence-electron chi connectivity index (χ4n) is 2.52. The molecule has 2 aromatic rings. The zero-order valence-electron chi connectivity index (χ0n) is 12.3. The van der Waals surface area contributed by atoms with Gasteiger partial charge in [0.2, 0.25) is 0 Å². The molecule has 2 rings (SSSR count). The normalized spacial score (nSPS) is 14.2. The molecule has 0 aliphatic rings. The molecule has 1 N–H and O–H groups in total. The third-order valence-corrected chi connectivity index (χ3v) is 3.63. The monoisotopic (exact) mass is 271 g/mol. The summed E-state index contributed by atoms with van der Waals surface area (Å²) in [6.45, 7) is 6.37. The van der Waals surface area contributed by atoms with E-state index in [0.29, 0.717) is 11.5 Å². The molecule has 2 unspecified atom stereocenters. The Labute approximate surface area is 120 Å². The fraction of sp³-hybridized carbons (Fsp3) is 0.333. The molecule has 0 amide bonds. The first kappa shape index (κ1) is 14.7. The molecule has 0 heterocycles. The van der Waals surface area contributed by atoms with E-state index in [9.17, 15) is 4.39 Å². The van der Waals surface area contributed by atoms with E-state index in [1.54, 1.807) is 6.07 Å². The standard InChI is InChI=1S/C18H22FN/c1-13(2)18(15-9-5-4-6-10-15)20-14(3)16-11-7-8-12-17(16)19/h4-14,18,20H,1-3H3. The van der Waals surface area contributed by atoms with E-state index in [2.05, 4.69) is 31.3 Å². The third-order valence-electron chi connectivity index (χ3n) is 3.63. The molecule has 2 atom stereocenters. The van der Waals surface area contributed by atoms with Gasteiger partial charge in [-0.1, -0.05) is 62.4 Å². The molecule has 0 saturated heterocycles. The highest BCUT2D eigenvalue weighted by molar-refractivity contribution is 5.23.